The van der Waals surface area contributed by atoms with Crippen LogP contribution in [0.1, 0.15) is 15.9 Å². The van der Waals surface area contributed by atoms with Gasteiger partial charge in [-0.05, 0) is 40.6 Å². The van der Waals surface area contributed by atoms with Gasteiger partial charge < -0.3 is 10.1 Å². The van der Waals surface area contributed by atoms with Crippen molar-refractivity contribution in [3.8, 4) is 5.75 Å². The molecule has 4 aromatic carbocycles. The van der Waals surface area contributed by atoms with E-state index in [0.29, 0.717) is 11.3 Å². The van der Waals surface area contributed by atoms with E-state index in [0.717, 1.165) is 16.3 Å². The Hall–Kier alpha value is -3.92. The molecule has 0 bridgehead atoms. The van der Waals surface area contributed by atoms with Crippen molar-refractivity contribution in [3.63, 3.8) is 0 Å². The normalized spacial score (nSPS) is 10.5. The van der Waals surface area contributed by atoms with Crippen molar-refractivity contribution >= 4 is 28.3 Å². The minimum Gasteiger partial charge on any atom is -0.425 e. The van der Waals surface area contributed by atoms with Gasteiger partial charge in [-0.1, -0.05) is 72.8 Å². The molecule has 4 nitrogen and oxygen atoms in total. The van der Waals surface area contributed by atoms with Gasteiger partial charge >= 0.3 is 5.97 Å². The Bertz CT molecular complexity index is 1150. The van der Waals surface area contributed by atoms with Crippen LogP contribution in [0.5, 0.6) is 5.75 Å². The smallest absolute Gasteiger partial charge is 0.315 e. The average Bonchev–Trinajstić information content (AvgIpc) is 2.74. The number of anilines is 1. The number of hydrogen-bond acceptors (Lipinski definition) is 3. The lowest BCUT2D eigenvalue weighted by Crippen LogP contribution is -2.17. The lowest BCUT2D eigenvalue weighted by Gasteiger charge is -2.12. The molecule has 0 atom stereocenters. The maximum atomic E-state index is 12.9. The minimum absolute atomic E-state index is 0.132. The average molecular weight is 381 g/mol. The third kappa shape index (κ3) is 4.50. The molecule has 4 rings (SSSR count). The van der Waals surface area contributed by atoms with Crippen molar-refractivity contribution in [1.29, 1.82) is 0 Å². The second-order valence-electron chi connectivity index (χ2n) is 6.65. The van der Waals surface area contributed by atoms with Gasteiger partial charge in [-0.2, -0.15) is 0 Å². The molecule has 1 N–H and O–H groups in total. The topological polar surface area (TPSA) is 55.4 Å². The van der Waals surface area contributed by atoms with Crippen molar-refractivity contribution in [2.75, 3.05) is 5.32 Å². The zero-order valence-electron chi connectivity index (χ0n) is 15.7. The Labute approximate surface area is 168 Å². The third-order valence-corrected chi connectivity index (χ3v) is 4.54. The van der Waals surface area contributed by atoms with Gasteiger partial charge in [-0.3, -0.25) is 9.59 Å². The van der Waals surface area contributed by atoms with Gasteiger partial charge in [-0.15, -0.1) is 0 Å². The fourth-order valence-corrected chi connectivity index (χ4v) is 3.12. The number of nitrogens with one attached hydrogen (secondary N) is 1. The van der Waals surface area contributed by atoms with Crippen LogP contribution < -0.4 is 10.1 Å². The van der Waals surface area contributed by atoms with E-state index in [1.165, 1.54) is 0 Å². The zero-order chi connectivity index (χ0) is 20.1. The fraction of sp³-hybridized carbons (Fsp3) is 0.0400. The van der Waals surface area contributed by atoms with E-state index >= 15 is 0 Å². The molecule has 0 saturated carbocycles. The molecule has 4 heteroatoms. The molecule has 0 saturated heterocycles. The molecule has 1 amide bonds. The summed E-state index contributed by atoms with van der Waals surface area (Å²) < 4.78 is 5.62. The van der Waals surface area contributed by atoms with Crippen LogP contribution in [-0.4, -0.2) is 11.9 Å². The van der Waals surface area contributed by atoms with Crippen molar-refractivity contribution in [1.82, 2.24) is 0 Å². The van der Waals surface area contributed by atoms with E-state index in [1.54, 1.807) is 24.3 Å². The van der Waals surface area contributed by atoms with E-state index in [-0.39, 0.29) is 18.1 Å². The third-order valence-electron chi connectivity index (χ3n) is 4.54. The maximum Gasteiger partial charge on any atom is 0.315 e. The number of rotatable bonds is 5. The van der Waals surface area contributed by atoms with E-state index in [4.69, 9.17) is 4.74 Å². The summed E-state index contributed by atoms with van der Waals surface area (Å²) in [5, 5.41) is 4.65. The predicted octanol–water partition coefficient (Wildman–Crippen LogP) is 5.24. The number of carbonyl (C=O) groups is 2. The van der Waals surface area contributed by atoms with Crippen LogP contribution in [0.25, 0.3) is 10.8 Å². The molecule has 4 aromatic rings. The molecule has 0 aliphatic heterocycles. The molecule has 142 valence electrons. The second kappa shape index (κ2) is 8.40. The van der Waals surface area contributed by atoms with Crippen LogP contribution in [0.15, 0.2) is 97.1 Å². The van der Waals surface area contributed by atoms with Crippen molar-refractivity contribution in [2.45, 2.75) is 6.42 Å². The monoisotopic (exact) mass is 381 g/mol. The number of para-hydroxylation sites is 1. The fourth-order valence-electron chi connectivity index (χ4n) is 3.12. The molecule has 0 unspecified atom stereocenters. The van der Waals surface area contributed by atoms with Crippen LogP contribution in [0.2, 0.25) is 0 Å². The van der Waals surface area contributed by atoms with Gasteiger partial charge in [0.25, 0.3) is 5.91 Å². The maximum absolute atomic E-state index is 12.9. The second-order valence-corrected chi connectivity index (χ2v) is 6.65. The van der Waals surface area contributed by atoms with Crippen LogP contribution >= 0.6 is 0 Å². The van der Waals surface area contributed by atoms with Gasteiger partial charge in [0.1, 0.15) is 5.75 Å². The summed E-state index contributed by atoms with van der Waals surface area (Å²) in [7, 11) is 0. The number of fused-ring (bicyclic) bond motifs is 1. The van der Waals surface area contributed by atoms with Crippen LogP contribution in [0, 0.1) is 0 Å². The first-order valence-corrected chi connectivity index (χ1v) is 9.33. The molecule has 0 spiro atoms. The summed E-state index contributed by atoms with van der Waals surface area (Å²) in [5.74, 6) is -0.497. The predicted molar refractivity (Wildman–Crippen MR) is 114 cm³/mol. The highest BCUT2D eigenvalue weighted by Gasteiger charge is 2.17. The zero-order valence-corrected chi connectivity index (χ0v) is 15.7. The molecule has 0 radical (unpaired) electrons. The molecule has 29 heavy (non-hydrogen) atoms. The Kier molecular flexibility index (Phi) is 5.34. The van der Waals surface area contributed by atoms with E-state index in [9.17, 15) is 9.59 Å². The molecular weight excluding hydrogens is 362 g/mol. The van der Waals surface area contributed by atoms with Crippen molar-refractivity contribution < 1.29 is 14.3 Å². The number of esters is 1. The Morgan fingerprint density at radius 2 is 1.31 bits per heavy atom. The molecular formula is C25H19NO3. The summed E-state index contributed by atoms with van der Waals surface area (Å²) >= 11 is 0. The molecule has 0 heterocycles. The first kappa shape index (κ1) is 18.4. The highest BCUT2D eigenvalue weighted by molar-refractivity contribution is 6.09. The highest BCUT2D eigenvalue weighted by Crippen LogP contribution is 2.27. The summed E-state index contributed by atoms with van der Waals surface area (Å²) in [5.41, 5.74) is 1.84. The van der Waals surface area contributed by atoms with E-state index in [2.05, 4.69) is 5.32 Å². The molecule has 0 aromatic heterocycles. The van der Waals surface area contributed by atoms with Crippen molar-refractivity contribution in [2.24, 2.45) is 0 Å². The first-order chi connectivity index (χ1) is 14.2. The lowest BCUT2D eigenvalue weighted by molar-refractivity contribution is -0.133. The van der Waals surface area contributed by atoms with Crippen LogP contribution in [-0.2, 0) is 11.2 Å². The van der Waals surface area contributed by atoms with Gasteiger partial charge in [0.2, 0.25) is 0 Å². The number of ether oxygens (including phenoxy) is 1. The Balaban J connectivity index is 1.64. The number of hydrogen-bond donors (Lipinski definition) is 1. The van der Waals surface area contributed by atoms with Crippen molar-refractivity contribution in [3.05, 3.63) is 108 Å². The minimum atomic E-state index is -0.416. The van der Waals surface area contributed by atoms with Gasteiger partial charge in [0, 0.05) is 5.69 Å². The SMILES string of the molecule is O=C(Cc1ccccc1)Oc1cc2ccccc2cc1C(=O)Nc1ccccc1. The molecule has 0 aliphatic rings. The standard InChI is InChI=1S/C25H19NO3/c27-24(15-18-9-3-1-4-10-18)29-23-17-20-12-8-7-11-19(20)16-22(23)25(28)26-21-13-5-2-6-14-21/h1-14,16-17H,15H2,(H,26,28). The van der Waals surface area contributed by atoms with Gasteiger partial charge in [-0.25, -0.2) is 0 Å². The Morgan fingerprint density at radius 3 is 2.00 bits per heavy atom. The highest BCUT2D eigenvalue weighted by atomic mass is 16.5. The Morgan fingerprint density at radius 1 is 0.724 bits per heavy atom. The van der Waals surface area contributed by atoms with E-state index in [1.807, 2.05) is 72.8 Å². The molecule has 0 aliphatic carbocycles. The van der Waals surface area contributed by atoms with Gasteiger partial charge in [0.15, 0.2) is 0 Å². The van der Waals surface area contributed by atoms with Gasteiger partial charge in [0.05, 0.1) is 12.0 Å². The van der Waals surface area contributed by atoms with Crippen LogP contribution in [0.4, 0.5) is 5.69 Å². The lowest BCUT2D eigenvalue weighted by atomic mass is 10.0. The largest absolute Gasteiger partial charge is 0.425 e. The molecule has 0 fully saturated rings. The first-order valence-electron chi connectivity index (χ1n) is 9.33. The number of benzene rings is 4. The van der Waals surface area contributed by atoms with E-state index < -0.39 is 5.97 Å². The number of amides is 1. The van der Waals surface area contributed by atoms with Crippen LogP contribution in [0.3, 0.4) is 0 Å². The summed E-state index contributed by atoms with van der Waals surface area (Å²) in [6, 6.07) is 29.7. The summed E-state index contributed by atoms with van der Waals surface area (Å²) in [6.07, 6.45) is 0.132. The summed E-state index contributed by atoms with van der Waals surface area (Å²) in [6.45, 7) is 0. The number of carbonyl (C=O) groups excluding carboxylic acids is 2. The quantitative estimate of drug-likeness (QED) is 0.380. The summed E-state index contributed by atoms with van der Waals surface area (Å²) in [4.78, 5) is 25.4.